The van der Waals surface area contributed by atoms with Crippen LogP contribution in [0.4, 0.5) is 0 Å². The van der Waals surface area contributed by atoms with Crippen molar-refractivity contribution < 1.29 is 29.3 Å². The third-order valence-corrected chi connectivity index (χ3v) is 11.2. The number of benzene rings is 4. The van der Waals surface area contributed by atoms with Crippen molar-refractivity contribution in [2.45, 2.75) is 77.7 Å². The molecule has 9 heteroatoms. The molecule has 0 atom stereocenters. The Hall–Kier alpha value is -3.66. The van der Waals surface area contributed by atoms with Crippen LogP contribution in [-0.4, -0.2) is 27.7 Å². The first-order chi connectivity index (χ1) is 23.0. The summed E-state index contributed by atoms with van der Waals surface area (Å²) < 4.78 is 14.2. The molecule has 0 aromatic heterocycles. The van der Waals surface area contributed by atoms with Gasteiger partial charge < -0.3 is 19.7 Å². The number of hydrogen-bond acceptors (Lipinski definition) is 5. The van der Waals surface area contributed by atoms with Gasteiger partial charge >= 0.3 is 11.9 Å². The molecule has 48 heavy (non-hydrogen) atoms. The summed E-state index contributed by atoms with van der Waals surface area (Å²) in [6, 6.07) is 24.4. The number of aryl methyl sites for hydroxylation is 1. The van der Waals surface area contributed by atoms with Gasteiger partial charge in [0.15, 0.2) is 0 Å². The predicted molar refractivity (Wildman–Crippen MR) is 192 cm³/mol. The molecule has 0 amide bonds. The van der Waals surface area contributed by atoms with Crippen molar-refractivity contribution in [3.05, 3.63) is 115 Å². The first-order valence-electron chi connectivity index (χ1n) is 16.2. The van der Waals surface area contributed by atoms with Gasteiger partial charge in [-0.15, -0.1) is 0 Å². The van der Waals surface area contributed by atoms with E-state index in [1.165, 1.54) is 0 Å². The van der Waals surface area contributed by atoms with Gasteiger partial charge in [0.2, 0.25) is 0 Å². The second-order valence-corrected chi connectivity index (χ2v) is 14.8. The lowest BCUT2D eigenvalue weighted by Gasteiger charge is -2.18. The Labute approximate surface area is 297 Å². The Morgan fingerprint density at radius 2 is 1.25 bits per heavy atom. The van der Waals surface area contributed by atoms with Crippen LogP contribution in [0, 0.1) is 19.3 Å². The van der Waals surface area contributed by atoms with Gasteiger partial charge in [-0.2, -0.15) is 0 Å². The van der Waals surface area contributed by atoms with Crippen LogP contribution in [-0.2, 0) is 35.8 Å². The lowest BCUT2D eigenvalue weighted by atomic mass is 9.92. The van der Waals surface area contributed by atoms with Crippen molar-refractivity contribution >= 4 is 43.8 Å². The lowest BCUT2D eigenvalue weighted by molar-refractivity contribution is -0.143. The Bertz CT molecular complexity index is 1730. The fourth-order valence-electron chi connectivity index (χ4n) is 6.13. The number of halogens is 2. The third-order valence-electron chi connectivity index (χ3n) is 9.93. The maximum Gasteiger partial charge on any atom is 0.323 e. The molecule has 0 spiro atoms. The third kappa shape index (κ3) is 7.48. The smallest absolute Gasteiger partial charge is 0.323 e. The number of rotatable bonds is 15. The van der Waals surface area contributed by atoms with Crippen LogP contribution in [0.15, 0.2) is 81.7 Å². The summed E-state index contributed by atoms with van der Waals surface area (Å²) in [6.07, 6.45) is 4.25. The molecule has 0 saturated heterocycles. The second kappa shape index (κ2) is 14.1. The molecule has 0 heterocycles. The SMILES string of the molecule is Cc1c(COc2ccc(CCC3(C(=O)O)CC3)cc2Br)cccc1-c1cccc(COc2ccc(CNC3(C(=O)O)CC3)cc2Br)c1C. The molecule has 4 aromatic rings. The number of hydrogen-bond donors (Lipinski definition) is 3. The molecule has 2 fully saturated rings. The summed E-state index contributed by atoms with van der Waals surface area (Å²) in [5.74, 6) is 0.00900. The van der Waals surface area contributed by atoms with Crippen LogP contribution < -0.4 is 14.8 Å². The van der Waals surface area contributed by atoms with Gasteiger partial charge in [0, 0.05) is 6.54 Å². The lowest BCUT2D eigenvalue weighted by Crippen LogP contribution is -2.38. The van der Waals surface area contributed by atoms with Crippen molar-refractivity contribution in [1.29, 1.82) is 0 Å². The Morgan fingerprint density at radius 1 is 0.729 bits per heavy atom. The Kier molecular flexibility index (Phi) is 10.0. The zero-order valence-electron chi connectivity index (χ0n) is 27.1. The standard InChI is InChI=1S/C39H39Br2NO6/c1-24-28(22-47-34-11-9-26(19-32(34)40)13-14-38(15-16-38)36(43)44)5-3-7-30(24)31-8-4-6-29(25(31)2)23-48-35-12-10-27(20-33(35)41)21-42-39(17-18-39)37(45)46/h3-12,19-20,42H,13-18,21-23H2,1-2H3,(H,43,44)(H,45,46). The summed E-state index contributed by atoms with van der Waals surface area (Å²) in [6.45, 7) is 5.55. The maximum atomic E-state index is 11.5. The summed E-state index contributed by atoms with van der Waals surface area (Å²) in [5, 5.41) is 22.1. The maximum absolute atomic E-state index is 11.5. The molecule has 2 aliphatic carbocycles. The molecule has 0 radical (unpaired) electrons. The molecule has 0 bridgehead atoms. The number of aliphatic carboxylic acids is 2. The summed E-state index contributed by atoms with van der Waals surface area (Å²) >= 11 is 7.28. The van der Waals surface area contributed by atoms with Crippen LogP contribution in [0.5, 0.6) is 11.5 Å². The van der Waals surface area contributed by atoms with E-state index in [4.69, 9.17) is 9.47 Å². The van der Waals surface area contributed by atoms with Crippen LogP contribution in [0.25, 0.3) is 11.1 Å². The van der Waals surface area contributed by atoms with E-state index in [0.717, 1.165) is 84.2 Å². The zero-order chi connectivity index (χ0) is 34.1. The van der Waals surface area contributed by atoms with Gasteiger partial charge in [0.1, 0.15) is 30.3 Å². The molecule has 2 aliphatic rings. The van der Waals surface area contributed by atoms with Crippen LogP contribution in [0.3, 0.4) is 0 Å². The molecule has 7 nitrogen and oxygen atoms in total. The van der Waals surface area contributed by atoms with E-state index in [2.05, 4.69) is 87.4 Å². The van der Waals surface area contributed by atoms with Crippen LogP contribution in [0.2, 0.25) is 0 Å². The molecular weight excluding hydrogens is 738 g/mol. The topological polar surface area (TPSA) is 105 Å². The van der Waals surface area contributed by atoms with E-state index >= 15 is 0 Å². The summed E-state index contributed by atoms with van der Waals surface area (Å²) in [5.41, 5.74) is 7.55. The molecular formula is C39H39Br2NO6. The first kappa shape index (κ1) is 34.2. The van der Waals surface area contributed by atoms with E-state index in [1.54, 1.807) is 0 Å². The fourth-order valence-corrected chi connectivity index (χ4v) is 7.21. The highest BCUT2D eigenvalue weighted by molar-refractivity contribution is 9.10. The van der Waals surface area contributed by atoms with E-state index in [0.29, 0.717) is 39.0 Å². The Morgan fingerprint density at radius 3 is 1.71 bits per heavy atom. The number of ether oxygens (including phenoxy) is 2. The van der Waals surface area contributed by atoms with E-state index in [1.807, 2.05) is 36.4 Å². The zero-order valence-corrected chi connectivity index (χ0v) is 30.2. The van der Waals surface area contributed by atoms with E-state index in [9.17, 15) is 19.8 Å². The normalized spacial score (nSPS) is 15.5. The first-order valence-corrected chi connectivity index (χ1v) is 17.8. The number of carboxylic acid groups (broad SMARTS) is 2. The van der Waals surface area contributed by atoms with Crippen molar-refractivity contribution in [2.24, 2.45) is 5.41 Å². The molecule has 0 unspecified atom stereocenters. The van der Waals surface area contributed by atoms with Crippen molar-refractivity contribution in [1.82, 2.24) is 5.32 Å². The second-order valence-electron chi connectivity index (χ2n) is 13.1. The Balaban J connectivity index is 1.09. The van der Waals surface area contributed by atoms with Crippen LogP contribution in [0.1, 0.15) is 65.5 Å². The molecule has 250 valence electrons. The van der Waals surface area contributed by atoms with Crippen LogP contribution >= 0.6 is 31.9 Å². The highest BCUT2D eigenvalue weighted by atomic mass is 79.9. The molecule has 2 saturated carbocycles. The highest BCUT2D eigenvalue weighted by Crippen LogP contribution is 2.49. The minimum atomic E-state index is -0.789. The van der Waals surface area contributed by atoms with Gasteiger partial charge in [0.05, 0.1) is 14.4 Å². The molecule has 3 N–H and O–H groups in total. The monoisotopic (exact) mass is 775 g/mol. The number of carboxylic acids is 2. The summed E-state index contributed by atoms with van der Waals surface area (Å²) in [4.78, 5) is 23.0. The quantitative estimate of drug-likeness (QED) is 0.111. The minimum Gasteiger partial charge on any atom is -0.488 e. The fraction of sp³-hybridized carbons (Fsp3) is 0.333. The van der Waals surface area contributed by atoms with Gasteiger partial charge in [0.25, 0.3) is 0 Å². The average Bonchev–Trinajstić information content (AvgIpc) is 3.99. The van der Waals surface area contributed by atoms with Gasteiger partial charge in [-0.1, -0.05) is 48.5 Å². The van der Waals surface area contributed by atoms with Gasteiger partial charge in [-0.05, 0) is 153 Å². The number of carbonyl (C=O) groups is 2. The highest BCUT2D eigenvalue weighted by Gasteiger charge is 2.50. The molecule has 4 aromatic carbocycles. The molecule has 0 aliphatic heterocycles. The predicted octanol–water partition coefficient (Wildman–Crippen LogP) is 9.16. The average molecular weight is 778 g/mol. The van der Waals surface area contributed by atoms with Gasteiger partial charge in [-0.3, -0.25) is 14.9 Å². The van der Waals surface area contributed by atoms with Gasteiger partial charge in [-0.25, -0.2) is 0 Å². The largest absolute Gasteiger partial charge is 0.488 e. The molecule has 6 rings (SSSR count). The van der Waals surface area contributed by atoms with Crippen molar-refractivity contribution in [3.63, 3.8) is 0 Å². The minimum absolute atomic E-state index is 0.404. The number of nitrogens with one attached hydrogen (secondary N) is 1. The summed E-state index contributed by atoms with van der Waals surface area (Å²) in [7, 11) is 0. The van der Waals surface area contributed by atoms with Crippen molar-refractivity contribution in [3.8, 4) is 22.6 Å². The van der Waals surface area contributed by atoms with E-state index in [-0.39, 0.29) is 0 Å². The van der Waals surface area contributed by atoms with Crippen molar-refractivity contribution in [2.75, 3.05) is 0 Å². The van der Waals surface area contributed by atoms with E-state index < -0.39 is 22.9 Å².